The number of rotatable bonds is 31. The molecule has 1 aliphatic rings. The van der Waals surface area contributed by atoms with Crippen LogP contribution in [-0.4, -0.2) is 245 Å². The fraction of sp³-hybridized carbons (Fsp3) is 0.750. The maximum atomic E-state index is 14.5. The number of cyclic esters (lactones) is 1. The van der Waals surface area contributed by atoms with Crippen molar-refractivity contribution in [2.24, 2.45) is 17.2 Å². The van der Waals surface area contributed by atoms with E-state index in [0.717, 1.165) is 64.4 Å². The number of hydrogen-bond donors (Lipinski definition) is 17. The highest BCUT2D eigenvalue weighted by atomic mass is 35.5. The fourth-order valence-corrected chi connectivity index (χ4v) is 9.04. The lowest BCUT2D eigenvalue weighted by molar-refractivity contribution is -0.155. The lowest BCUT2D eigenvalue weighted by atomic mass is 10.0. The van der Waals surface area contributed by atoms with Gasteiger partial charge in [-0.25, -0.2) is 9.59 Å². The highest BCUT2D eigenvalue weighted by molar-refractivity contribution is 6.18. The molecule has 1 fully saturated rings. The molecule has 1 saturated heterocycles. The molecule has 20 N–H and O–H groups in total. The molecular formula is C56H99ClN14O18. The molecule has 1 unspecified atom stereocenters. The van der Waals surface area contributed by atoms with Gasteiger partial charge in [-0.05, 0) is 86.1 Å². The van der Waals surface area contributed by atoms with E-state index in [2.05, 4.69) is 44.1 Å². The molecule has 0 aliphatic carbocycles. The number of unbranched alkanes of at least 4 members (excludes halogenated alkanes) is 9. The molecule has 12 atom stereocenters. The summed E-state index contributed by atoms with van der Waals surface area (Å²) in [7, 11) is 4.94. The molecule has 0 spiro atoms. The van der Waals surface area contributed by atoms with Gasteiger partial charge in [0.1, 0.15) is 54.6 Å². The molecule has 1 aliphatic heterocycles. The van der Waals surface area contributed by atoms with Gasteiger partial charge in [-0.3, -0.25) is 47.9 Å². The van der Waals surface area contributed by atoms with Gasteiger partial charge in [-0.2, -0.15) is 0 Å². The molecule has 0 aromatic rings. The van der Waals surface area contributed by atoms with Crippen LogP contribution in [0.15, 0.2) is 11.8 Å². The van der Waals surface area contributed by atoms with Crippen molar-refractivity contribution in [3.63, 3.8) is 0 Å². The van der Waals surface area contributed by atoms with E-state index in [1.165, 1.54) is 18.9 Å². The van der Waals surface area contributed by atoms with Crippen LogP contribution in [0, 0.1) is 0 Å². The Labute approximate surface area is 524 Å². The van der Waals surface area contributed by atoms with Crippen molar-refractivity contribution < 1.29 is 87.8 Å². The number of nitrogens with zero attached hydrogens (tertiary/aromatic N) is 2. The number of aliphatic hydroxyl groups excluding tert-OH is 4. The molecule has 0 bridgehead atoms. The van der Waals surface area contributed by atoms with Gasteiger partial charge in [0.2, 0.25) is 53.2 Å². The largest absolute Gasteiger partial charge is 0.479 e. The van der Waals surface area contributed by atoms with Crippen LogP contribution >= 0.6 is 11.6 Å². The van der Waals surface area contributed by atoms with E-state index in [0.29, 0.717) is 19.4 Å². The van der Waals surface area contributed by atoms with E-state index in [1.54, 1.807) is 19.0 Å². The Balaban J connectivity index is 4.16. The zero-order valence-corrected chi connectivity index (χ0v) is 52.8. The molecule has 1 heterocycles. The highest BCUT2D eigenvalue weighted by Crippen LogP contribution is 2.14. The number of aliphatic hydroxyl groups is 4. The van der Waals surface area contributed by atoms with E-state index in [9.17, 15) is 83.1 Å². The molecule has 0 aromatic carbocycles. The summed E-state index contributed by atoms with van der Waals surface area (Å²) >= 11 is 5.90. The third-order valence-electron chi connectivity index (χ3n) is 14.3. The maximum absolute atomic E-state index is 14.5. The van der Waals surface area contributed by atoms with Crippen LogP contribution in [0.5, 0.6) is 0 Å². The van der Waals surface area contributed by atoms with Crippen molar-refractivity contribution in [2.45, 2.75) is 203 Å². The quantitative estimate of drug-likeness (QED) is 0.0133. The number of ether oxygens (including phenoxy) is 1. The van der Waals surface area contributed by atoms with E-state index in [4.69, 9.17) is 33.5 Å². The normalized spacial score (nSPS) is 23.7. The van der Waals surface area contributed by atoms with Crippen LogP contribution in [0.1, 0.15) is 130 Å². The van der Waals surface area contributed by atoms with Gasteiger partial charge in [0, 0.05) is 20.1 Å². The summed E-state index contributed by atoms with van der Waals surface area (Å²) in [4.78, 5) is 170. The Kier molecular flexibility index (Phi) is 39.7. The summed E-state index contributed by atoms with van der Waals surface area (Å²) in [6.07, 6.45) is 0.333. The average Bonchev–Trinajstić information content (AvgIpc) is 3.67. The molecule has 508 valence electrons. The topological polar surface area (TPSA) is 508 Å². The molecule has 1 rings (SSSR count). The first-order chi connectivity index (χ1) is 42.1. The average molecular weight is 1290 g/mol. The molecule has 0 aromatic heterocycles. The minimum absolute atomic E-state index is 0.145. The van der Waals surface area contributed by atoms with Crippen molar-refractivity contribution in [3.8, 4) is 0 Å². The number of esters is 1. The predicted octanol–water partition coefficient (Wildman–Crippen LogP) is -5.22. The fourth-order valence-electron chi connectivity index (χ4n) is 8.86. The van der Waals surface area contributed by atoms with Crippen LogP contribution in [0.4, 0.5) is 0 Å². The number of allylic oxidation sites excluding steroid dienone is 1. The van der Waals surface area contributed by atoms with E-state index >= 15 is 0 Å². The summed E-state index contributed by atoms with van der Waals surface area (Å²) in [6.45, 7) is 3.28. The number of carbonyl (C=O) groups excluding carboxylic acids is 11. The summed E-state index contributed by atoms with van der Waals surface area (Å²) < 4.78 is 5.35. The number of alkyl halides is 1. The smallest absolute Gasteiger partial charge is 0.335 e. The molecule has 10 amide bonds. The van der Waals surface area contributed by atoms with Crippen molar-refractivity contribution in [1.29, 1.82) is 0 Å². The highest BCUT2D eigenvalue weighted by Gasteiger charge is 2.41. The SMILES string of the molecule is C/C=C1/NC(=O)[C@H]([C@H](C)O)NC(=O)[C@H](CCN)NC(=O)[C@H](CCCCN)NC(=O)[C@H](CC(=O)N(C)CCN(C)C)NC(=O)[C@@H](CCN)NC(=O)[C@@H](NC(=O)C[C@@H](O)CCCCCCCCCCC)COC(=O)[C@H]([C@H](O)CCl)NC(=O)[C@H](C(O)C(=O)O)NC1=O. The van der Waals surface area contributed by atoms with E-state index in [1.807, 2.05) is 10.6 Å². The first-order valence-electron chi connectivity index (χ1n) is 30.2. The standard InChI is InChI=1S/C56H99ClN14O18/c1-7-9-10-11-12-13-14-15-16-19-33(73)28-41(75)61-39-31-89-56(88)44(40(74)30-57)68-54(85)45(46(77)55(86)87)69-47(78)34(8-2)62-53(84)43(32(3)72)67-50(81)37(22-25-60)64-48(79)35(20-17-18-23-58)63-51(82)38(29-42(76)71(6)27-26-70(4)5)66-49(80)36(21-24-59)65-52(39)83/h8,32-33,35-40,43-46,72-74,77H,7,9-31,58-60H2,1-6H3,(H,61,75)(H,62,84)(H,63,82)(H,64,79)(H,65,83)(H,66,80)(H,67,81)(H,68,85)(H,69,78)(H,86,87)/b34-8+/t32-,33-,35-,36+,37-,38-,39-,40+,43-,44-,45-,46?/m0/s1. The second-order valence-electron chi connectivity index (χ2n) is 22.1. The Morgan fingerprint density at radius 2 is 1.16 bits per heavy atom. The monoisotopic (exact) mass is 1290 g/mol. The van der Waals surface area contributed by atoms with E-state index < -0.39 is 181 Å². The van der Waals surface area contributed by atoms with Gasteiger partial charge in [0.15, 0.2) is 12.1 Å². The number of halogens is 1. The van der Waals surface area contributed by atoms with Gasteiger partial charge in [0.05, 0.1) is 37.0 Å². The third kappa shape index (κ3) is 30.6. The Hall–Kier alpha value is -6.65. The first-order valence-corrected chi connectivity index (χ1v) is 30.7. The number of likely N-dealkylation sites (N-methyl/N-ethyl adjacent to an activating group) is 2. The number of carbonyl (C=O) groups is 12. The summed E-state index contributed by atoms with van der Waals surface area (Å²) in [6, 6.07) is -15.5. The van der Waals surface area contributed by atoms with Gasteiger partial charge >= 0.3 is 11.9 Å². The minimum Gasteiger partial charge on any atom is -0.479 e. The van der Waals surface area contributed by atoms with Crippen LogP contribution < -0.4 is 65.1 Å². The number of amides is 10. The Bertz CT molecular complexity index is 2340. The Morgan fingerprint density at radius 1 is 0.640 bits per heavy atom. The van der Waals surface area contributed by atoms with Crippen molar-refractivity contribution in [3.05, 3.63) is 11.8 Å². The molecule has 89 heavy (non-hydrogen) atoms. The molecule has 0 radical (unpaired) electrons. The number of nitrogens with one attached hydrogen (secondary N) is 9. The van der Waals surface area contributed by atoms with Crippen LogP contribution in [0.25, 0.3) is 0 Å². The summed E-state index contributed by atoms with van der Waals surface area (Å²) in [5.41, 5.74) is 16.7. The summed E-state index contributed by atoms with van der Waals surface area (Å²) in [5.74, 6) is -16.3. The van der Waals surface area contributed by atoms with Gasteiger partial charge < -0.3 is 105 Å². The zero-order valence-electron chi connectivity index (χ0n) is 52.0. The van der Waals surface area contributed by atoms with Crippen molar-refractivity contribution >= 4 is 82.6 Å². The van der Waals surface area contributed by atoms with Crippen LogP contribution in [0.2, 0.25) is 0 Å². The van der Waals surface area contributed by atoms with Crippen molar-refractivity contribution in [2.75, 3.05) is 66.4 Å². The second-order valence-corrected chi connectivity index (χ2v) is 22.4. The van der Waals surface area contributed by atoms with E-state index in [-0.39, 0.29) is 51.9 Å². The lowest BCUT2D eigenvalue weighted by Crippen LogP contribution is -2.62. The number of carboxylic acid groups (broad SMARTS) is 1. The Morgan fingerprint density at radius 3 is 1.67 bits per heavy atom. The number of aliphatic carboxylic acids is 1. The molecular weight excluding hydrogens is 1190 g/mol. The molecule has 32 nitrogen and oxygen atoms in total. The number of carboxylic acids is 1. The zero-order chi connectivity index (χ0) is 67.3. The third-order valence-corrected chi connectivity index (χ3v) is 14.6. The molecule has 33 heteroatoms. The number of nitrogens with two attached hydrogens (primary N) is 3. The van der Waals surface area contributed by atoms with Crippen LogP contribution in [-0.2, 0) is 62.3 Å². The van der Waals surface area contributed by atoms with Gasteiger partial charge in [-0.1, -0.05) is 70.8 Å². The predicted molar refractivity (Wildman–Crippen MR) is 324 cm³/mol. The van der Waals surface area contributed by atoms with Crippen LogP contribution in [0.3, 0.4) is 0 Å². The first kappa shape index (κ1) is 80.4. The minimum atomic E-state index is -2.83. The molecule has 0 saturated carbocycles. The lowest BCUT2D eigenvalue weighted by Gasteiger charge is -2.29. The van der Waals surface area contributed by atoms with Gasteiger partial charge in [0.25, 0.3) is 5.91 Å². The van der Waals surface area contributed by atoms with Gasteiger partial charge in [-0.15, -0.1) is 11.6 Å². The van der Waals surface area contributed by atoms with Crippen molar-refractivity contribution in [1.82, 2.24) is 57.7 Å². The summed E-state index contributed by atoms with van der Waals surface area (Å²) in [5, 5.41) is 73.5. The second kappa shape index (κ2) is 43.9. The maximum Gasteiger partial charge on any atom is 0.335 e. The number of hydrogen-bond acceptors (Lipinski definition) is 21.